The Hall–Kier alpha value is -2.61. The van der Waals surface area contributed by atoms with Crippen molar-refractivity contribution in [2.45, 2.75) is 25.0 Å². The summed E-state index contributed by atoms with van der Waals surface area (Å²) in [5, 5.41) is 2.64. The number of hydrogen-bond acceptors (Lipinski definition) is 6. The van der Waals surface area contributed by atoms with Crippen molar-refractivity contribution in [3.8, 4) is 0 Å². The van der Waals surface area contributed by atoms with Gasteiger partial charge in [0.1, 0.15) is 12.1 Å². The molecule has 1 saturated heterocycles. The van der Waals surface area contributed by atoms with Gasteiger partial charge >= 0.3 is 18.0 Å². The van der Waals surface area contributed by atoms with Gasteiger partial charge in [0.2, 0.25) is 0 Å². The largest absolute Gasteiger partial charge is 0.469 e. The van der Waals surface area contributed by atoms with Gasteiger partial charge in [-0.1, -0.05) is 30.3 Å². The zero-order valence-corrected chi connectivity index (χ0v) is 15.0. The van der Waals surface area contributed by atoms with Crippen LogP contribution in [0.1, 0.15) is 24.5 Å². The van der Waals surface area contributed by atoms with E-state index >= 15 is 0 Å². The lowest BCUT2D eigenvalue weighted by Crippen LogP contribution is -2.52. The van der Waals surface area contributed by atoms with Crippen molar-refractivity contribution in [1.82, 2.24) is 10.2 Å². The lowest BCUT2D eigenvalue weighted by molar-refractivity contribution is -0.144. The number of nitrogens with zero attached hydrogens (tertiary/aromatic N) is 1. The fourth-order valence-corrected chi connectivity index (χ4v) is 2.70. The van der Waals surface area contributed by atoms with Gasteiger partial charge in [-0.25, -0.2) is 9.59 Å². The van der Waals surface area contributed by atoms with Crippen LogP contribution in [0.3, 0.4) is 0 Å². The molecular weight excluding hydrogens is 340 g/mol. The number of carbonyl (C=O) groups is 3. The Bertz CT molecular complexity index is 621. The van der Waals surface area contributed by atoms with Gasteiger partial charge in [0.15, 0.2) is 0 Å². The molecule has 2 atom stereocenters. The third kappa shape index (κ3) is 5.45. The number of esters is 2. The van der Waals surface area contributed by atoms with Crippen LogP contribution < -0.4 is 5.32 Å². The van der Waals surface area contributed by atoms with Crippen LogP contribution in [-0.2, 0) is 23.8 Å². The molecule has 0 saturated carbocycles. The molecule has 0 aliphatic carbocycles. The number of ether oxygens (including phenoxy) is 3. The predicted octanol–water partition coefficient (Wildman–Crippen LogP) is 1.26. The van der Waals surface area contributed by atoms with E-state index in [-0.39, 0.29) is 18.9 Å². The molecular formula is C18H24N2O6. The highest BCUT2D eigenvalue weighted by Gasteiger charge is 2.29. The number of urea groups is 1. The van der Waals surface area contributed by atoms with Gasteiger partial charge in [-0.15, -0.1) is 0 Å². The third-order valence-electron chi connectivity index (χ3n) is 4.17. The van der Waals surface area contributed by atoms with Crippen molar-refractivity contribution in [3.05, 3.63) is 35.9 Å². The van der Waals surface area contributed by atoms with Gasteiger partial charge in [-0.05, 0) is 12.0 Å². The molecule has 1 unspecified atom stereocenters. The van der Waals surface area contributed by atoms with Crippen LogP contribution in [-0.4, -0.2) is 62.8 Å². The Balaban J connectivity index is 1.96. The molecule has 1 fully saturated rings. The van der Waals surface area contributed by atoms with Crippen molar-refractivity contribution >= 4 is 18.0 Å². The minimum absolute atomic E-state index is 0.00625. The molecule has 1 aliphatic rings. The van der Waals surface area contributed by atoms with Gasteiger partial charge in [-0.3, -0.25) is 4.79 Å². The van der Waals surface area contributed by atoms with Crippen molar-refractivity contribution in [2.75, 3.05) is 33.9 Å². The van der Waals surface area contributed by atoms with Crippen molar-refractivity contribution < 1.29 is 28.6 Å². The molecule has 8 nitrogen and oxygen atoms in total. The quantitative estimate of drug-likeness (QED) is 0.764. The van der Waals surface area contributed by atoms with E-state index < -0.39 is 24.0 Å². The lowest BCUT2D eigenvalue weighted by Gasteiger charge is -2.34. The first-order valence-electron chi connectivity index (χ1n) is 8.41. The summed E-state index contributed by atoms with van der Waals surface area (Å²) in [6.45, 7) is 1.19. The molecule has 0 aromatic heterocycles. The second-order valence-corrected chi connectivity index (χ2v) is 5.86. The van der Waals surface area contributed by atoms with Gasteiger partial charge in [0.25, 0.3) is 0 Å². The summed E-state index contributed by atoms with van der Waals surface area (Å²) in [5.41, 5.74) is 0.986. The maximum atomic E-state index is 12.6. The fourth-order valence-electron chi connectivity index (χ4n) is 2.70. The Morgan fingerprint density at radius 1 is 1.23 bits per heavy atom. The first kappa shape index (κ1) is 19.7. The minimum Gasteiger partial charge on any atom is -0.469 e. The summed E-state index contributed by atoms with van der Waals surface area (Å²) in [5.74, 6) is -1.06. The van der Waals surface area contributed by atoms with E-state index in [1.165, 1.54) is 14.2 Å². The molecule has 0 radical (unpaired) electrons. The second kappa shape index (κ2) is 9.76. The molecule has 8 heteroatoms. The number of morpholine rings is 1. The predicted molar refractivity (Wildman–Crippen MR) is 92.3 cm³/mol. The molecule has 1 heterocycles. The topological polar surface area (TPSA) is 94.2 Å². The maximum absolute atomic E-state index is 12.6. The van der Waals surface area contributed by atoms with Crippen molar-refractivity contribution in [1.29, 1.82) is 0 Å². The number of methoxy groups -OCH3 is 2. The number of carbonyl (C=O) groups excluding carboxylic acids is 3. The molecule has 1 aromatic carbocycles. The monoisotopic (exact) mass is 364 g/mol. The van der Waals surface area contributed by atoms with Crippen LogP contribution in [0.2, 0.25) is 0 Å². The van der Waals surface area contributed by atoms with Gasteiger partial charge < -0.3 is 24.4 Å². The smallest absolute Gasteiger partial charge is 0.328 e. The highest BCUT2D eigenvalue weighted by atomic mass is 16.5. The third-order valence-corrected chi connectivity index (χ3v) is 4.17. The Morgan fingerprint density at radius 2 is 1.96 bits per heavy atom. The highest BCUT2D eigenvalue weighted by Crippen LogP contribution is 2.22. The summed E-state index contributed by atoms with van der Waals surface area (Å²) in [6.07, 6.45) is -0.105. The molecule has 1 aromatic rings. The normalized spacial score (nSPS) is 17.9. The summed E-state index contributed by atoms with van der Waals surface area (Å²) in [4.78, 5) is 37.3. The number of benzene rings is 1. The summed E-state index contributed by atoms with van der Waals surface area (Å²) >= 11 is 0. The van der Waals surface area contributed by atoms with E-state index in [1.54, 1.807) is 4.90 Å². The van der Waals surface area contributed by atoms with Crippen LogP contribution in [0.25, 0.3) is 0 Å². The Morgan fingerprint density at radius 3 is 2.62 bits per heavy atom. The van der Waals surface area contributed by atoms with E-state index in [2.05, 4.69) is 10.1 Å². The van der Waals surface area contributed by atoms with Crippen LogP contribution >= 0.6 is 0 Å². The van der Waals surface area contributed by atoms with Gasteiger partial charge in [0.05, 0.1) is 27.4 Å². The Labute approximate surface area is 152 Å². The van der Waals surface area contributed by atoms with E-state index in [4.69, 9.17) is 9.47 Å². The van der Waals surface area contributed by atoms with E-state index in [0.29, 0.717) is 19.7 Å². The zero-order valence-electron chi connectivity index (χ0n) is 15.0. The second-order valence-electron chi connectivity index (χ2n) is 5.86. The molecule has 1 N–H and O–H groups in total. The average molecular weight is 364 g/mol. The van der Waals surface area contributed by atoms with Gasteiger partial charge in [-0.2, -0.15) is 0 Å². The molecule has 1 aliphatic heterocycles. The summed E-state index contributed by atoms with van der Waals surface area (Å²) < 4.78 is 15.0. The van der Waals surface area contributed by atoms with E-state index in [0.717, 1.165) is 5.56 Å². The van der Waals surface area contributed by atoms with Crippen molar-refractivity contribution in [2.24, 2.45) is 0 Å². The highest BCUT2D eigenvalue weighted by molar-refractivity contribution is 5.84. The average Bonchev–Trinajstić information content (AvgIpc) is 2.70. The zero-order chi connectivity index (χ0) is 18.9. The number of amides is 2. The van der Waals surface area contributed by atoms with Crippen molar-refractivity contribution in [3.63, 3.8) is 0 Å². The number of hydrogen-bond donors (Lipinski definition) is 1. The van der Waals surface area contributed by atoms with Crippen LogP contribution in [0.5, 0.6) is 0 Å². The number of nitrogens with one attached hydrogen (secondary N) is 1. The SMILES string of the molecule is COC(=O)CC[C@@H](NC(=O)N1CCOC(c2ccccc2)C1)C(=O)OC. The summed E-state index contributed by atoms with van der Waals surface area (Å²) in [7, 11) is 2.51. The van der Waals surface area contributed by atoms with Gasteiger partial charge in [0, 0.05) is 13.0 Å². The molecule has 142 valence electrons. The van der Waals surface area contributed by atoms with Crippen LogP contribution in [0, 0.1) is 0 Å². The Kier molecular flexibility index (Phi) is 7.40. The molecule has 2 amide bonds. The molecule has 2 rings (SSSR count). The van der Waals surface area contributed by atoms with Crippen LogP contribution in [0.15, 0.2) is 30.3 Å². The first-order chi connectivity index (χ1) is 12.5. The lowest BCUT2D eigenvalue weighted by atomic mass is 10.1. The number of rotatable bonds is 6. The standard InChI is InChI=1S/C18H24N2O6/c1-24-16(21)9-8-14(17(22)25-2)19-18(23)20-10-11-26-15(12-20)13-6-4-3-5-7-13/h3-7,14-15H,8-12H2,1-2H3,(H,19,23)/t14-,15?/m1/s1. The maximum Gasteiger partial charge on any atom is 0.328 e. The molecule has 0 bridgehead atoms. The first-order valence-corrected chi connectivity index (χ1v) is 8.41. The van der Waals surface area contributed by atoms with E-state index in [9.17, 15) is 14.4 Å². The molecule has 26 heavy (non-hydrogen) atoms. The fraction of sp³-hybridized carbons (Fsp3) is 0.500. The minimum atomic E-state index is -0.912. The van der Waals surface area contributed by atoms with E-state index in [1.807, 2.05) is 30.3 Å². The summed E-state index contributed by atoms with van der Waals surface area (Å²) in [6, 6.07) is 8.33. The van der Waals surface area contributed by atoms with Crippen LogP contribution in [0.4, 0.5) is 4.79 Å². The molecule has 0 spiro atoms.